The molecule has 1 N–H and O–H groups in total. The van der Waals surface area contributed by atoms with E-state index in [0.29, 0.717) is 31.7 Å². The van der Waals surface area contributed by atoms with E-state index in [9.17, 15) is 19.1 Å². The largest absolute Gasteiger partial charge is 0.507 e. The van der Waals surface area contributed by atoms with Crippen molar-refractivity contribution in [2.45, 2.75) is 12.5 Å². The summed E-state index contributed by atoms with van der Waals surface area (Å²) in [6.07, 6.45) is 3.77. The van der Waals surface area contributed by atoms with Gasteiger partial charge in [-0.15, -0.1) is 0 Å². The van der Waals surface area contributed by atoms with Crippen LogP contribution in [0, 0.1) is 5.82 Å². The molecule has 1 aromatic heterocycles. The fraction of sp³-hybridized carbons (Fsp3) is 0.375. The number of rotatable bonds is 7. The van der Waals surface area contributed by atoms with Crippen molar-refractivity contribution in [2.24, 2.45) is 0 Å². The van der Waals surface area contributed by atoms with Crippen LogP contribution in [-0.2, 0) is 14.3 Å². The number of aromatic nitrogens is 1. The SMILES string of the molecule is COc1ccc(F)cc1/C(O)=C1\C(=O)C(=O)N(CCCN2CCOCC2)C1c1ccncc1. The Labute approximate surface area is 191 Å². The highest BCUT2D eigenvalue weighted by atomic mass is 19.1. The first-order chi connectivity index (χ1) is 16.0. The average molecular weight is 455 g/mol. The number of pyridine rings is 1. The summed E-state index contributed by atoms with van der Waals surface area (Å²) in [6.45, 7) is 4.09. The zero-order chi connectivity index (χ0) is 23.4. The number of hydrogen-bond donors (Lipinski definition) is 1. The normalized spacial score (nSPS) is 20.9. The molecule has 0 bridgehead atoms. The van der Waals surface area contributed by atoms with Crippen LogP contribution in [0.25, 0.3) is 5.76 Å². The summed E-state index contributed by atoms with van der Waals surface area (Å²) in [7, 11) is 1.38. The summed E-state index contributed by atoms with van der Waals surface area (Å²) in [5.74, 6) is -2.39. The summed E-state index contributed by atoms with van der Waals surface area (Å²) < 4.78 is 24.6. The van der Waals surface area contributed by atoms with E-state index in [-0.39, 0.29) is 16.9 Å². The third-order valence-corrected chi connectivity index (χ3v) is 5.96. The number of hydrogen-bond acceptors (Lipinski definition) is 7. The van der Waals surface area contributed by atoms with Gasteiger partial charge in [0.2, 0.25) is 0 Å². The Morgan fingerprint density at radius 1 is 1.18 bits per heavy atom. The maximum atomic E-state index is 14.0. The first-order valence-corrected chi connectivity index (χ1v) is 10.8. The van der Waals surface area contributed by atoms with Gasteiger partial charge in [0.05, 0.1) is 37.5 Å². The van der Waals surface area contributed by atoms with E-state index in [1.807, 2.05) is 0 Å². The highest BCUT2D eigenvalue weighted by Gasteiger charge is 2.46. The highest BCUT2D eigenvalue weighted by Crippen LogP contribution is 2.40. The fourth-order valence-corrected chi connectivity index (χ4v) is 4.30. The Kier molecular flexibility index (Phi) is 7.00. The molecule has 9 heteroatoms. The quantitative estimate of drug-likeness (QED) is 0.389. The van der Waals surface area contributed by atoms with E-state index in [4.69, 9.17) is 9.47 Å². The first-order valence-electron chi connectivity index (χ1n) is 10.8. The number of nitrogens with zero attached hydrogens (tertiary/aromatic N) is 3. The molecule has 1 aromatic carbocycles. The number of Topliss-reactive ketones (excluding diaryl/α,β-unsaturated/α-hetero) is 1. The molecule has 2 aliphatic rings. The van der Waals surface area contributed by atoms with Gasteiger partial charge in [-0.3, -0.25) is 19.5 Å². The number of halogens is 1. The number of ether oxygens (including phenoxy) is 2. The molecule has 1 atom stereocenters. The molecule has 3 heterocycles. The Morgan fingerprint density at radius 2 is 1.91 bits per heavy atom. The average Bonchev–Trinajstić information content (AvgIpc) is 3.10. The minimum Gasteiger partial charge on any atom is -0.507 e. The van der Waals surface area contributed by atoms with Crippen LogP contribution in [0.5, 0.6) is 5.75 Å². The number of aliphatic hydroxyl groups excluding tert-OH is 1. The molecule has 0 saturated carbocycles. The van der Waals surface area contributed by atoms with Gasteiger partial charge < -0.3 is 19.5 Å². The number of benzene rings is 1. The van der Waals surface area contributed by atoms with Gasteiger partial charge in [0.25, 0.3) is 11.7 Å². The molecular weight excluding hydrogens is 429 g/mol. The van der Waals surface area contributed by atoms with Gasteiger partial charge >= 0.3 is 0 Å². The number of ketones is 1. The van der Waals surface area contributed by atoms with Gasteiger partial charge in [-0.05, 0) is 42.3 Å². The van der Waals surface area contributed by atoms with E-state index < -0.39 is 29.3 Å². The molecule has 33 heavy (non-hydrogen) atoms. The second-order valence-corrected chi connectivity index (χ2v) is 7.93. The van der Waals surface area contributed by atoms with Crippen LogP contribution in [0.15, 0.2) is 48.3 Å². The Hall–Kier alpha value is -3.30. The summed E-state index contributed by atoms with van der Waals surface area (Å²) >= 11 is 0. The van der Waals surface area contributed by atoms with E-state index in [1.165, 1.54) is 24.1 Å². The monoisotopic (exact) mass is 455 g/mol. The predicted molar refractivity (Wildman–Crippen MR) is 118 cm³/mol. The molecule has 4 rings (SSSR count). The van der Waals surface area contributed by atoms with Crippen molar-refractivity contribution in [1.82, 2.24) is 14.8 Å². The maximum absolute atomic E-state index is 14.0. The summed E-state index contributed by atoms with van der Waals surface area (Å²) in [4.78, 5) is 33.8. The molecular formula is C24H26FN3O5. The minimum absolute atomic E-state index is 0.0165. The van der Waals surface area contributed by atoms with Gasteiger partial charge in [0, 0.05) is 38.6 Å². The van der Waals surface area contributed by atoms with Crippen LogP contribution in [0.1, 0.15) is 23.6 Å². The number of amides is 1. The van der Waals surface area contributed by atoms with Crippen LogP contribution in [0.3, 0.4) is 0 Å². The molecule has 8 nitrogen and oxygen atoms in total. The molecule has 0 radical (unpaired) electrons. The van der Waals surface area contributed by atoms with Crippen molar-refractivity contribution in [3.8, 4) is 5.75 Å². The number of carbonyl (C=O) groups is 2. The van der Waals surface area contributed by atoms with Crippen LogP contribution in [0.4, 0.5) is 4.39 Å². The van der Waals surface area contributed by atoms with E-state index in [0.717, 1.165) is 25.7 Å². The molecule has 174 valence electrons. The van der Waals surface area contributed by atoms with Gasteiger partial charge in [-0.2, -0.15) is 0 Å². The topological polar surface area (TPSA) is 92.2 Å². The van der Waals surface area contributed by atoms with Crippen LogP contribution in [0.2, 0.25) is 0 Å². The van der Waals surface area contributed by atoms with Crippen LogP contribution in [-0.4, -0.2) is 78.1 Å². The minimum atomic E-state index is -0.814. The lowest BCUT2D eigenvalue weighted by molar-refractivity contribution is -0.140. The number of likely N-dealkylation sites (tertiary alicyclic amines) is 1. The lowest BCUT2D eigenvalue weighted by atomic mass is 9.95. The second kappa shape index (κ2) is 10.1. The highest BCUT2D eigenvalue weighted by molar-refractivity contribution is 6.46. The van der Waals surface area contributed by atoms with Gasteiger partial charge in [0.15, 0.2) is 0 Å². The number of aliphatic hydroxyl groups is 1. The van der Waals surface area contributed by atoms with Crippen LogP contribution < -0.4 is 4.74 Å². The molecule has 2 saturated heterocycles. The Balaban J connectivity index is 1.70. The molecule has 1 amide bonds. The standard InChI is InChI=1S/C24H26FN3O5/c1-32-19-4-3-17(25)15-18(19)22(29)20-21(16-5-7-26-8-6-16)28(24(31)23(20)30)10-2-9-27-11-13-33-14-12-27/h3-8,15,21,29H,2,9-14H2,1H3/b22-20+. The predicted octanol–water partition coefficient (Wildman–Crippen LogP) is 2.37. The zero-order valence-electron chi connectivity index (χ0n) is 18.4. The number of methoxy groups -OCH3 is 1. The summed E-state index contributed by atoms with van der Waals surface area (Å²) in [5, 5.41) is 11.1. The third kappa shape index (κ3) is 4.74. The second-order valence-electron chi connectivity index (χ2n) is 7.93. The summed E-state index contributed by atoms with van der Waals surface area (Å²) in [5.41, 5.74) is 0.553. The van der Waals surface area contributed by atoms with E-state index >= 15 is 0 Å². The molecule has 2 aromatic rings. The Morgan fingerprint density at radius 3 is 2.61 bits per heavy atom. The lowest BCUT2D eigenvalue weighted by Crippen LogP contribution is -2.38. The molecule has 1 unspecified atom stereocenters. The van der Waals surface area contributed by atoms with Crippen molar-refractivity contribution >= 4 is 17.4 Å². The van der Waals surface area contributed by atoms with Gasteiger partial charge in [-0.1, -0.05) is 0 Å². The third-order valence-electron chi connectivity index (χ3n) is 5.96. The van der Waals surface area contributed by atoms with Gasteiger partial charge in [0.1, 0.15) is 17.3 Å². The van der Waals surface area contributed by atoms with Gasteiger partial charge in [-0.25, -0.2) is 4.39 Å². The lowest BCUT2D eigenvalue weighted by Gasteiger charge is -2.29. The van der Waals surface area contributed by atoms with Crippen molar-refractivity contribution in [2.75, 3.05) is 46.5 Å². The molecule has 2 fully saturated rings. The van der Waals surface area contributed by atoms with E-state index in [2.05, 4.69) is 9.88 Å². The first kappa shape index (κ1) is 22.9. The molecule has 0 aliphatic carbocycles. The van der Waals surface area contributed by atoms with Crippen molar-refractivity contribution in [1.29, 1.82) is 0 Å². The Bertz CT molecular complexity index is 1050. The van der Waals surface area contributed by atoms with Crippen molar-refractivity contribution in [3.05, 3.63) is 65.2 Å². The van der Waals surface area contributed by atoms with Crippen molar-refractivity contribution in [3.63, 3.8) is 0 Å². The van der Waals surface area contributed by atoms with Crippen LogP contribution >= 0.6 is 0 Å². The zero-order valence-corrected chi connectivity index (χ0v) is 18.4. The fourth-order valence-electron chi connectivity index (χ4n) is 4.30. The van der Waals surface area contributed by atoms with Crippen molar-refractivity contribution < 1.29 is 28.6 Å². The maximum Gasteiger partial charge on any atom is 0.295 e. The number of carbonyl (C=O) groups excluding carboxylic acids is 2. The molecule has 0 spiro atoms. The summed E-state index contributed by atoms with van der Waals surface area (Å²) in [6, 6.07) is 6.22. The smallest absolute Gasteiger partial charge is 0.295 e. The molecule has 2 aliphatic heterocycles. The number of morpholine rings is 1. The van der Waals surface area contributed by atoms with E-state index in [1.54, 1.807) is 24.5 Å².